The van der Waals surface area contributed by atoms with Crippen molar-refractivity contribution in [3.05, 3.63) is 0 Å². The molecule has 2 N–H and O–H groups in total. The molecule has 0 bridgehead atoms. The molecule has 0 aromatic carbocycles. The quantitative estimate of drug-likeness (QED) is 0.606. The van der Waals surface area contributed by atoms with Gasteiger partial charge in [-0.25, -0.2) is 0 Å². The van der Waals surface area contributed by atoms with Crippen molar-refractivity contribution in [2.24, 2.45) is 17.1 Å². The Morgan fingerprint density at radius 2 is 1.77 bits per heavy atom. The van der Waals surface area contributed by atoms with Crippen LogP contribution in [0, 0.1) is 11.3 Å². The summed E-state index contributed by atoms with van der Waals surface area (Å²) in [6, 6.07) is 0. The van der Waals surface area contributed by atoms with Gasteiger partial charge < -0.3 is 10.6 Å². The number of nitrogens with zero attached hydrogens (tertiary/aromatic N) is 1. The molecule has 0 aromatic heterocycles. The van der Waals surface area contributed by atoms with Crippen LogP contribution in [-0.2, 0) is 0 Å². The number of piperidine rings is 1. The van der Waals surface area contributed by atoms with Crippen LogP contribution in [0.5, 0.6) is 0 Å². The first-order valence-electron chi connectivity index (χ1n) is 4.95. The van der Waals surface area contributed by atoms with Crippen LogP contribution in [0.2, 0.25) is 0 Å². The molecule has 2 nitrogen and oxygen atoms in total. The van der Waals surface area contributed by atoms with Crippen molar-refractivity contribution in [1.82, 2.24) is 4.90 Å². The van der Waals surface area contributed by atoms with Gasteiger partial charge in [-0.05, 0) is 36.4 Å². The van der Waals surface area contributed by atoms with Crippen LogP contribution in [0.15, 0.2) is 0 Å². The lowest BCUT2D eigenvalue weighted by atomic mass is 9.75. The van der Waals surface area contributed by atoms with Crippen LogP contribution in [0.25, 0.3) is 0 Å². The van der Waals surface area contributed by atoms with Gasteiger partial charge in [-0.3, -0.25) is 0 Å². The molecule has 0 aromatic rings. The Morgan fingerprint density at radius 3 is 2.08 bits per heavy atom. The monoisotopic (exact) mass is 200 g/mol. The molecule has 1 heterocycles. The van der Waals surface area contributed by atoms with Crippen molar-refractivity contribution >= 4 is 17.3 Å². The lowest BCUT2D eigenvalue weighted by molar-refractivity contribution is 0.150. The zero-order valence-corrected chi connectivity index (χ0v) is 9.66. The highest BCUT2D eigenvalue weighted by Crippen LogP contribution is 2.33. The maximum atomic E-state index is 5.58. The molecular formula is C10H20N2S. The van der Waals surface area contributed by atoms with Gasteiger partial charge in [-0.15, -0.1) is 0 Å². The molecule has 1 rings (SSSR count). The van der Waals surface area contributed by atoms with E-state index in [1.165, 1.54) is 12.8 Å². The number of hydrogen-bond acceptors (Lipinski definition) is 1. The highest BCUT2D eigenvalue weighted by Gasteiger charge is 2.28. The van der Waals surface area contributed by atoms with E-state index in [4.69, 9.17) is 18.0 Å². The molecule has 0 amide bonds. The third-order valence-electron chi connectivity index (χ3n) is 3.03. The Hall–Kier alpha value is -0.310. The van der Waals surface area contributed by atoms with E-state index in [-0.39, 0.29) is 0 Å². The summed E-state index contributed by atoms with van der Waals surface area (Å²) in [5.74, 6) is 0.818. The summed E-state index contributed by atoms with van der Waals surface area (Å²) < 4.78 is 0. The minimum atomic E-state index is 0.433. The summed E-state index contributed by atoms with van der Waals surface area (Å²) in [7, 11) is 0. The zero-order valence-electron chi connectivity index (χ0n) is 8.84. The van der Waals surface area contributed by atoms with E-state index in [0.717, 1.165) is 19.0 Å². The minimum Gasteiger partial charge on any atom is -0.376 e. The lowest BCUT2D eigenvalue weighted by Crippen LogP contribution is -2.43. The number of nitrogens with two attached hydrogens (primary N) is 1. The molecule has 13 heavy (non-hydrogen) atoms. The highest BCUT2D eigenvalue weighted by molar-refractivity contribution is 7.80. The average Bonchev–Trinajstić information content (AvgIpc) is 2.03. The first-order chi connectivity index (χ1) is 5.91. The normalized spacial score (nSPS) is 20.4. The first-order valence-corrected chi connectivity index (χ1v) is 5.36. The van der Waals surface area contributed by atoms with Crippen LogP contribution >= 0.6 is 12.2 Å². The fourth-order valence-electron chi connectivity index (χ4n) is 1.97. The van der Waals surface area contributed by atoms with Crippen molar-refractivity contribution in [3.63, 3.8) is 0 Å². The molecule has 1 saturated heterocycles. The van der Waals surface area contributed by atoms with Gasteiger partial charge in [0.05, 0.1) is 0 Å². The van der Waals surface area contributed by atoms with Crippen LogP contribution in [0.1, 0.15) is 33.6 Å². The molecule has 0 saturated carbocycles. The van der Waals surface area contributed by atoms with Gasteiger partial charge in [0.25, 0.3) is 0 Å². The lowest BCUT2D eigenvalue weighted by Gasteiger charge is -2.38. The van der Waals surface area contributed by atoms with Crippen LogP contribution < -0.4 is 5.73 Å². The third-order valence-corrected chi connectivity index (χ3v) is 3.29. The van der Waals surface area contributed by atoms with Gasteiger partial charge in [-0.1, -0.05) is 20.8 Å². The van der Waals surface area contributed by atoms with Gasteiger partial charge in [0.15, 0.2) is 5.11 Å². The molecule has 0 spiro atoms. The molecule has 76 valence electrons. The molecule has 0 radical (unpaired) electrons. The van der Waals surface area contributed by atoms with Gasteiger partial charge >= 0.3 is 0 Å². The Balaban J connectivity index is 2.44. The van der Waals surface area contributed by atoms with E-state index in [9.17, 15) is 0 Å². The number of rotatable bonds is 0. The zero-order chi connectivity index (χ0) is 10.1. The van der Waals surface area contributed by atoms with Crippen LogP contribution in [0.4, 0.5) is 0 Å². The molecular weight excluding hydrogens is 180 g/mol. The van der Waals surface area contributed by atoms with E-state index in [2.05, 4.69) is 25.7 Å². The second-order valence-corrected chi connectivity index (χ2v) is 5.38. The fourth-order valence-corrected chi connectivity index (χ4v) is 2.15. The van der Waals surface area contributed by atoms with Gasteiger partial charge in [0.1, 0.15) is 0 Å². The van der Waals surface area contributed by atoms with Crippen LogP contribution in [-0.4, -0.2) is 23.1 Å². The molecule has 1 aliphatic heterocycles. The Labute approximate surface area is 86.5 Å². The predicted octanol–water partition coefficient (Wildman–Crippen LogP) is 1.99. The average molecular weight is 200 g/mol. The van der Waals surface area contributed by atoms with E-state index < -0.39 is 0 Å². The maximum absolute atomic E-state index is 5.58. The fraction of sp³-hybridized carbons (Fsp3) is 0.900. The largest absolute Gasteiger partial charge is 0.376 e. The van der Waals surface area contributed by atoms with Crippen molar-refractivity contribution in [1.29, 1.82) is 0 Å². The van der Waals surface area contributed by atoms with Gasteiger partial charge in [0, 0.05) is 13.1 Å². The van der Waals surface area contributed by atoms with Crippen molar-refractivity contribution in [2.75, 3.05) is 13.1 Å². The molecule has 1 fully saturated rings. The molecule has 1 aliphatic rings. The summed E-state index contributed by atoms with van der Waals surface area (Å²) >= 11 is 4.95. The van der Waals surface area contributed by atoms with Crippen molar-refractivity contribution in [3.8, 4) is 0 Å². The summed E-state index contributed by atoms with van der Waals surface area (Å²) in [5, 5.41) is 0.562. The van der Waals surface area contributed by atoms with E-state index in [1.54, 1.807) is 0 Å². The predicted molar refractivity (Wildman–Crippen MR) is 60.5 cm³/mol. The van der Waals surface area contributed by atoms with Crippen molar-refractivity contribution < 1.29 is 0 Å². The Morgan fingerprint density at radius 1 is 1.31 bits per heavy atom. The number of likely N-dealkylation sites (tertiary alicyclic amines) is 1. The van der Waals surface area contributed by atoms with E-state index >= 15 is 0 Å². The second-order valence-electron chi connectivity index (χ2n) is 4.97. The number of thiocarbonyl (C=S) groups is 1. The summed E-state index contributed by atoms with van der Waals surface area (Å²) in [6.07, 6.45) is 2.45. The standard InChI is InChI=1S/C10H20N2S/c1-10(2,3)8-4-6-12(7-5-8)9(11)13/h8H,4-7H2,1-3H3,(H2,11,13). The van der Waals surface area contributed by atoms with Gasteiger partial charge in [0.2, 0.25) is 0 Å². The Kier molecular flexibility index (Phi) is 3.17. The van der Waals surface area contributed by atoms with Crippen molar-refractivity contribution in [2.45, 2.75) is 33.6 Å². The molecule has 3 heteroatoms. The topological polar surface area (TPSA) is 29.3 Å². The molecule has 0 aliphatic carbocycles. The van der Waals surface area contributed by atoms with Gasteiger partial charge in [-0.2, -0.15) is 0 Å². The smallest absolute Gasteiger partial charge is 0.166 e. The first kappa shape index (κ1) is 10.8. The summed E-state index contributed by atoms with van der Waals surface area (Å²) in [5.41, 5.74) is 6.01. The summed E-state index contributed by atoms with van der Waals surface area (Å²) in [6.45, 7) is 9.02. The Bertz CT molecular complexity index is 188. The summed E-state index contributed by atoms with van der Waals surface area (Å²) in [4.78, 5) is 2.11. The SMILES string of the molecule is CC(C)(C)C1CCN(C(N)=S)CC1. The van der Waals surface area contributed by atoms with E-state index in [1.807, 2.05) is 0 Å². The molecule has 0 atom stereocenters. The molecule has 0 unspecified atom stereocenters. The third kappa shape index (κ3) is 2.83. The van der Waals surface area contributed by atoms with Crippen LogP contribution in [0.3, 0.4) is 0 Å². The minimum absolute atomic E-state index is 0.433. The van der Waals surface area contributed by atoms with E-state index in [0.29, 0.717) is 10.5 Å². The maximum Gasteiger partial charge on any atom is 0.166 e. The second kappa shape index (κ2) is 3.82. The highest BCUT2D eigenvalue weighted by atomic mass is 32.1. The number of hydrogen-bond donors (Lipinski definition) is 1.